The summed E-state index contributed by atoms with van der Waals surface area (Å²) in [4.78, 5) is 20.6. The van der Waals surface area contributed by atoms with Crippen molar-refractivity contribution in [3.8, 4) is 67.8 Å². The van der Waals surface area contributed by atoms with Crippen molar-refractivity contribution in [3.63, 3.8) is 0 Å². The van der Waals surface area contributed by atoms with Crippen molar-refractivity contribution in [1.82, 2.24) is 29.1 Å². The van der Waals surface area contributed by atoms with Crippen molar-refractivity contribution in [1.29, 1.82) is 0 Å². The van der Waals surface area contributed by atoms with Crippen LogP contribution in [0.3, 0.4) is 0 Å². The summed E-state index contributed by atoms with van der Waals surface area (Å²) in [5, 5.41) is 17.0. The Hall–Kier alpha value is -12.7. The van der Waals surface area contributed by atoms with Crippen LogP contribution in [0, 0.1) is 0 Å². The highest BCUT2D eigenvalue weighted by Crippen LogP contribution is 2.45. The van der Waals surface area contributed by atoms with Crippen molar-refractivity contribution >= 4 is 137 Å². The maximum Gasteiger partial charge on any atom is 0.494 e. The van der Waals surface area contributed by atoms with E-state index in [1.54, 1.807) is 0 Å². The van der Waals surface area contributed by atoms with Crippen molar-refractivity contribution in [2.24, 2.45) is 0 Å². The van der Waals surface area contributed by atoms with Gasteiger partial charge < -0.3 is 9.31 Å². The molecule has 108 heavy (non-hydrogen) atoms. The summed E-state index contributed by atoms with van der Waals surface area (Å²) < 4.78 is 18.1. The van der Waals surface area contributed by atoms with Gasteiger partial charge in [0, 0.05) is 70.4 Å². The average molecular weight is 1450 g/mol. The molecule has 0 amide bonds. The quantitative estimate of drug-likeness (QED) is 0.111. The maximum absolute atomic E-state index is 6.27. The zero-order chi connectivity index (χ0) is 72.6. The molecule has 1 saturated heterocycles. The van der Waals surface area contributed by atoms with E-state index in [9.17, 15) is 0 Å². The minimum atomic E-state index is -0.379. The Morgan fingerprint density at radius 1 is 0.269 bits per heavy atom. The first kappa shape index (κ1) is 66.0. The largest absolute Gasteiger partial charge is 0.494 e. The topological polar surface area (TPSA) is 79.9 Å². The first-order chi connectivity index (χ1) is 53.0. The van der Waals surface area contributed by atoms with Gasteiger partial charge in [-0.05, 0) is 148 Å². The van der Waals surface area contributed by atoms with Crippen molar-refractivity contribution < 1.29 is 9.31 Å². The summed E-state index contributed by atoms with van der Waals surface area (Å²) in [6.45, 7) is 8.34. The van der Waals surface area contributed by atoms with E-state index in [1.807, 2.05) is 42.5 Å². The highest BCUT2D eigenvalue weighted by Gasteiger charge is 2.51. The second-order valence-corrected chi connectivity index (χ2v) is 29.6. The van der Waals surface area contributed by atoms with E-state index in [0.29, 0.717) is 0 Å². The highest BCUT2D eigenvalue weighted by atomic mass is 79.9. The van der Waals surface area contributed by atoms with Gasteiger partial charge in [-0.3, -0.25) is 9.13 Å². The number of benzene rings is 16. The lowest BCUT2D eigenvalue weighted by molar-refractivity contribution is 0.00578. The van der Waals surface area contributed by atoms with E-state index in [4.69, 9.17) is 29.2 Å². The fourth-order valence-corrected chi connectivity index (χ4v) is 16.0. The number of imidazole rings is 2. The minimum Gasteiger partial charge on any atom is -0.399 e. The summed E-state index contributed by atoms with van der Waals surface area (Å²) in [5.74, 6) is 1.90. The molecule has 1 fully saturated rings. The number of halogens is 1. The van der Waals surface area contributed by atoms with Crippen molar-refractivity contribution in [2.45, 2.75) is 38.9 Å². The predicted octanol–water partition coefficient (Wildman–Crippen LogP) is 25.1. The molecule has 16 aromatic carbocycles. The van der Waals surface area contributed by atoms with Crippen molar-refractivity contribution in [3.05, 3.63) is 356 Å². The molecule has 0 saturated carbocycles. The van der Waals surface area contributed by atoms with Gasteiger partial charge >= 0.3 is 7.12 Å². The molecule has 10 heteroatoms. The highest BCUT2D eigenvalue weighted by molar-refractivity contribution is 9.10. The number of aromatic nitrogens is 6. The molecule has 4 aromatic heterocycles. The van der Waals surface area contributed by atoms with Gasteiger partial charge in [0.05, 0.1) is 55.7 Å². The molecule has 0 spiro atoms. The first-order valence-corrected chi connectivity index (χ1v) is 37.5. The number of rotatable bonds is 8. The standard InChI is InChI=1S/C46H29N3.C33H28BNO2.C19H13BrN2/c1-2-12-33(13-3-1)46-47-41-20-10-11-21-42(41)49(46)34-28-26-31(27-29-34)30-22-24-32(25-23-30)44-40-19-9-7-17-38(40)43-37-16-6-4-14-35(37)36-15-5-8-18-39(36)45(43)48-44;1-32(2)33(3,4)37-34(36-32)22-19-17-21(18-20-22)30-28-16-10-8-14-26(28)29-25-13-7-5-11-23(25)24-12-6-9-15-27(24)31(29)35-30;20-15-10-12-16(13-11-15)22-18-9-5-4-8-17(18)21-19(22)14-6-2-1-3-7-14/h1-29H;5-20H,1-4H3;1-13H. The number of fused-ring (bicyclic) bond motifs is 18. The molecule has 0 radical (unpaired) electrons. The summed E-state index contributed by atoms with van der Waals surface area (Å²) in [7, 11) is -0.379. The molecule has 5 heterocycles. The summed E-state index contributed by atoms with van der Waals surface area (Å²) >= 11 is 3.50. The molecule has 21 rings (SSSR count). The lowest BCUT2D eigenvalue weighted by Gasteiger charge is -2.32. The van der Waals surface area contributed by atoms with Crippen molar-refractivity contribution in [2.75, 3.05) is 0 Å². The normalized spacial score (nSPS) is 13.3. The molecule has 514 valence electrons. The van der Waals surface area contributed by atoms with Crippen LogP contribution >= 0.6 is 15.9 Å². The van der Waals surface area contributed by atoms with Crippen LogP contribution in [0.15, 0.2) is 356 Å². The van der Waals surface area contributed by atoms with Gasteiger partial charge in [0.2, 0.25) is 0 Å². The molecular formula is C98H70BBrN6O2. The first-order valence-electron chi connectivity index (χ1n) is 36.7. The molecule has 8 nitrogen and oxygen atoms in total. The second-order valence-electron chi connectivity index (χ2n) is 28.7. The predicted molar refractivity (Wildman–Crippen MR) is 455 cm³/mol. The molecule has 0 bridgehead atoms. The third kappa shape index (κ3) is 11.6. The van der Waals surface area contributed by atoms with Gasteiger partial charge in [-0.15, -0.1) is 0 Å². The summed E-state index contributed by atoms with van der Waals surface area (Å²) in [5.41, 5.74) is 17.5. The van der Waals surface area contributed by atoms with Gasteiger partial charge in [0.25, 0.3) is 0 Å². The maximum atomic E-state index is 6.27. The molecule has 0 aliphatic carbocycles. The number of hydrogen-bond acceptors (Lipinski definition) is 6. The van der Waals surface area contributed by atoms with Gasteiger partial charge in [0.15, 0.2) is 0 Å². The van der Waals surface area contributed by atoms with E-state index < -0.39 is 0 Å². The molecule has 0 atom stereocenters. The van der Waals surface area contributed by atoms with Crippen LogP contribution in [0.4, 0.5) is 0 Å². The molecule has 1 aliphatic heterocycles. The Bertz CT molecular complexity index is 6850. The average Bonchev–Trinajstić information content (AvgIpc) is 1.03. The Morgan fingerprint density at radius 3 is 0.972 bits per heavy atom. The van der Waals surface area contributed by atoms with Crippen LogP contribution in [-0.2, 0) is 9.31 Å². The van der Waals surface area contributed by atoms with E-state index in [1.165, 1.54) is 64.6 Å². The zero-order valence-corrected chi connectivity index (χ0v) is 61.5. The Balaban J connectivity index is 0.000000118. The molecule has 20 aromatic rings. The Kier molecular flexibility index (Phi) is 16.5. The minimum absolute atomic E-state index is 0.365. The number of nitrogens with zero attached hydrogens (tertiary/aromatic N) is 6. The van der Waals surface area contributed by atoms with E-state index in [-0.39, 0.29) is 18.3 Å². The SMILES string of the molecule is Brc1ccc(-n2c(-c3ccccc3)nc3ccccc32)cc1.CC1(C)OB(c2ccc(-c3nc4c5ccccc5c5ccccc5c4c4ccccc34)cc2)OC1(C)C.c1ccc(-c2nc3ccccc3n2-c2ccc(-c3ccc(-c4nc5c6ccccc6c6ccccc6c5c5ccccc45)cc3)cc2)cc1. The van der Waals surface area contributed by atoms with Crippen LogP contribution < -0.4 is 5.46 Å². The van der Waals surface area contributed by atoms with Crippen LogP contribution in [0.1, 0.15) is 27.7 Å². The Labute approximate surface area is 634 Å². The zero-order valence-electron chi connectivity index (χ0n) is 59.9. The number of para-hydroxylation sites is 4. The summed E-state index contributed by atoms with van der Waals surface area (Å²) in [6, 6.07) is 124. The van der Waals surface area contributed by atoms with Gasteiger partial charge in [-0.1, -0.05) is 307 Å². The smallest absolute Gasteiger partial charge is 0.399 e. The van der Waals surface area contributed by atoms with Crippen LogP contribution in [-0.4, -0.2) is 47.4 Å². The van der Waals surface area contributed by atoms with Gasteiger partial charge in [-0.2, -0.15) is 0 Å². The molecule has 1 aliphatic rings. The van der Waals surface area contributed by atoms with Crippen LogP contribution in [0.2, 0.25) is 0 Å². The van der Waals surface area contributed by atoms with Gasteiger partial charge in [-0.25, -0.2) is 19.9 Å². The third-order valence-electron chi connectivity index (χ3n) is 21.8. The van der Waals surface area contributed by atoms with Gasteiger partial charge in [0.1, 0.15) is 11.6 Å². The van der Waals surface area contributed by atoms with E-state index >= 15 is 0 Å². The monoisotopic (exact) mass is 1450 g/mol. The molecular weight excluding hydrogens is 1380 g/mol. The lowest BCUT2D eigenvalue weighted by atomic mass is 9.78. The molecule has 0 N–H and O–H groups in total. The number of pyridine rings is 2. The third-order valence-corrected chi connectivity index (χ3v) is 22.3. The Morgan fingerprint density at radius 2 is 0.565 bits per heavy atom. The van der Waals surface area contributed by atoms with E-state index in [0.717, 1.165) is 122 Å². The second kappa shape index (κ2) is 27.0. The lowest BCUT2D eigenvalue weighted by Crippen LogP contribution is -2.41. The van der Waals surface area contributed by atoms with E-state index in [2.05, 4.69) is 362 Å². The van der Waals surface area contributed by atoms with Crippen LogP contribution in [0.25, 0.3) is 176 Å². The fourth-order valence-electron chi connectivity index (χ4n) is 15.7. The van der Waals surface area contributed by atoms with Crippen LogP contribution in [0.5, 0.6) is 0 Å². The molecule has 0 unspecified atom stereocenters. The summed E-state index contributed by atoms with van der Waals surface area (Å²) in [6.07, 6.45) is 0. The number of hydrogen-bond donors (Lipinski definition) is 0. The fraction of sp³-hybridized carbons (Fsp3) is 0.0612.